The first-order valence-electron chi connectivity index (χ1n) is 6.76. The third-order valence-electron chi connectivity index (χ3n) is 3.28. The van der Waals surface area contributed by atoms with Crippen LogP contribution in [0.2, 0.25) is 0 Å². The molecule has 0 spiro atoms. The summed E-state index contributed by atoms with van der Waals surface area (Å²) in [5.74, 6) is 0. The van der Waals surface area contributed by atoms with Crippen LogP contribution in [-0.4, -0.2) is 16.6 Å². The average Bonchev–Trinajstić information content (AvgIpc) is 2.48. The number of aliphatic hydroxyl groups excluding tert-OH is 1. The molecular formula is C17H21NO. The fraction of sp³-hybridized carbons (Fsp3) is 0.294. The van der Waals surface area contributed by atoms with Crippen LogP contribution in [0.5, 0.6) is 0 Å². The highest BCUT2D eigenvalue weighted by atomic mass is 16.3. The molecule has 0 aliphatic heterocycles. The summed E-state index contributed by atoms with van der Waals surface area (Å²) in [6.07, 6.45) is 0. The zero-order valence-electron chi connectivity index (χ0n) is 11.4. The molecule has 0 amide bonds. The predicted octanol–water partition coefficient (Wildman–Crippen LogP) is 3.20. The molecule has 0 fully saturated rings. The SMILES string of the molecule is CCN(Cc1ccccc1)Cc1cccc(CO)c1. The van der Waals surface area contributed by atoms with Crippen LogP contribution in [0.4, 0.5) is 0 Å². The second-order valence-electron chi connectivity index (χ2n) is 4.77. The van der Waals surface area contributed by atoms with E-state index in [1.807, 2.05) is 18.2 Å². The number of benzene rings is 2. The second-order valence-corrected chi connectivity index (χ2v) is 4.77. The van der Waals surface area contributed by atoms with Crippen molar-refractivity contribution in [3.05, 3.63) is 71.3 Å². The van der Waals surface area contributed by atoms with E-state index in [0.717, 1.165) is 25.2 Å². The lowest BCUT2D eigenvalue weighted by molar-refractivity contribution is 0.269. The van der Waals surface area contributed by atoms with Gasteiger partial charge in [-0.05, 0) is 23.2 Å². The normalized spacial score (nSPS) is 10.9. The molecule has 1 N–H and O–H groups in total. The number of hydrogen-bond donors (Lipinski definition) is 1. The summed E-state index contributed by atoms with van der Waals surface area (Å²) < 4.78 is 0. The van der Waals surface area contributed by atoms with Crippen molar-refractivity contribution >= 4 is 0 Å². The molecule has 2 nitrogen and oxygen atoms in total. The van der Waals surface area contributed by atoms with Crippen LogP contribution < -0.4 is 0 Å². The first-order chi connectivity index (χ1) is 9.31. The summed E-state index contributed by atoms with van der Waals surface area (Å²) in [5, 5.41) is 9.17. The second kappa shape index (κ2) is 7.07. The zero-order chi connectivity index (χ0) is 13.5. The van der Waals surface area contributed by atoms with Crippen LogP contribution in [0.15, 0.2) is 54.6 Å². The van der Waals surface area contributed by atoms with Crippen molar-refractivity contribution in [2.45, 2.75) is 26.6 Å². The third kappa shape index (κ3) is 4.19. The molecule has 2 heteroatoms. The van der Waals surface area contributed by atoms with E-state index in [1.165, 1.54) is 11.1 Å². The highest BCUT2D eigenvalue weighted by Crippen LogP contribution is 2.11. The van der Waals surface area contributed by atoms with Gasteiger partial charge < -0.3 is 5.11 Å². The molecule has 0 saturated carbocycles. The van der Waals surface area contributed by atoms with Gasteiger partial charge in [0.15, 0.2) is 0 Å². The Bertz CT molecular complexity index is 496. The minimum atomic E-state index is 0.110. The molecule has 0 atom stereocenters. The molecule has 0 heterocycles. The predicted molar refractivity (Wildman–Crippen MR) is 78.6 cm³/mol. The molecule has 2 aromatic carbocycles. The van der Waals surface area contributed by atoms with Crippen LogP contribution in [0, 0.1) is 0 Å². The van der Waals surface area contributed by atoms with Crippen molar-refractivity contribution in [3.63, 3.8) is 0 Å². The Kier molecular flexibility index (Phi) is 5.13. The molecule has 100 valence electrons. The van der Waals surface area contributed by atoms with Crippen molar-refractivity contribution in [2.24, 2.45) is 0 Å². The lowest BCUT2D eigenvalue weighted by Gasteiger charge is -2.21. The largest absolute Gasteiger partial charge is 0.392 e. The smallest absolute Gasteiger partial charge is 0.0681 e. The van der Waals surface area contributed by atoms with Gasteiger partial charge in [-0.1, -0.05) is 61.5 Å². The van der Waals surface area contributed by atoms with Crippen LogP contribution in [-0.2, 0) is 19.7 Å². The lowest BCUT2D eigenvalue weighted by atomic mass is 10.1. The maximum Gasteiger partial charge on any atom is 0.0681 e. The fourth-order valence-corrected chi connectivity index (χ4v) is 2.21. The van der Waals surface area contributed by atoms with E-state index in [2.05, 4.69) is 48.2 Å². The molecule has 0 unspecified atom stereocenters. The molecule has 2 aromatic rings. The van der Waals surface area contributed by atoms with Crippen molar-refractivity contribution < 1.29 is 5.11 Å². The highest BCUT2D eigenvalue weighted by Gasteiger charge is 2.05. The molecule has 0 aromatic heterocycles. The maximum atomic E-state index is 9.17. The first kappa shape index (κ1) is 13.8. The Labute approximate surface area is 115 Å². The van der Waals surface area contributed by atoms with Gasteiger partial charge in [-0.25, -0.2) is 0 Å². The van der Waals surface area contributed by atoms with E-state index in [0.29, 0.717) is 0 Å². The van der Waals surface area contributed by atoms with Gasteiger partial charge in [-0.3, -0.25) is 4.90 Å². The van der Waals surface area contributed by atoms with Crippen LogP contribution >= 0.6 is 0 Å². The Balaban J connectivity index is 2.02. The number of rotatable bonds is 6. The monoisotopic (exact) mass is 255 g/mol. The van der Waals surface area contributed by atoms with Crippen LogP contribution in [0.1, 0.15) is 23.6 Å². The van der Waals surface area contributed by atoms with E-state index in [-0.39, 0.29) is 6.61 Å². The standard InChI is InChI=1S/C17H21NO/c1-2-18(12-15-7-4-3-5-8-15)13-16-9-6-10-17(11-16)14-19/h3-11,19H,2,12-14H2,1H3. The zero-order valence-corrected chi connectivity index (χ0v) is 11.4. The summed E-state index contributed by atoms with van der Waals surface area (Å²) >= 11 is 0. The Morgan fingerprint density at radius 3 is 2.16 bits per heavy atom. The number of nitrogens with zero attached hydrogens (tertiary/aromatic N) is 1. The van der Waals surface area contributed by atoms with E-state index < -0.39 is 0 Å². The summed E-state index contributed by atoms with van der Waals surface area (Å²) in [6, 6.07) is 18.7. The maximum absolute atomic E-state index is 9.17. The molecular weight excluding hydrogens is 234 g/mol. The Morgan fingerprint density at radius 1 is 0.842 bits per heavy atom. The summed E-state index contributed by atoms with van der Waals surface area (Å²) in [4.78, 5) is 2.39. The summed E-state index contributed by atoms with van der Waals surface area (Å²) in [7, 11) is 0. The average molecular weight is 255 g/mol. The van der Waals surface area contributed by atoms with Gasteiger partial charge >= 0.3 is 0 Å². The molecule has 0 bridgehead atoms. The molecule has 2 rings (SSSR count). The molecule has 0 aliphatic rings. The number of aliphatic hydroxyl groups is 1. The quantitative estimate of drug-likeness (QED) is 0.857. The van der Waals surface area contributed by atoms with Gasteiger partial charge in [0.1, 0.15) is 0 Å². The molecule has 0 saturated heterocycles. The Morgan fingerprint density at radius 2 is 1.47 bits per heavy atom. The van der Waals surface area contributed by atoms with E-state index in [4.69, 9.17) is 0 Å². The van der Waals surface area contributed by atoms with Crippen LogP contribution in [0.3, 0.4) is 0 Å². The van der Waals surface area contributed by atoms with Crippen molar-refractivity contribution in [2.75, 3.05) is 6.54 Å². The van der Waals surface area contributed by atoms with Crippen molar-refractivity contribution in [3.8, 4) is 0 Å². The van der Waals surface area contributed by atoms with Crippen LogP contribution in [0.25, 0.3) is 0 Å². The van der Waals surface area contributed by atoms with E-state index >= 15 is 0 Å². The molecule has 19 heavy (non-hydrogen) atoms. The third-order valence-corrected chi connectivity index (χ3v) is 3.28. The van der Waals surface area contributed by atoms with Gasteiger partial charge in [0, 0.05) is 13.1 Å². The van der Waals surface area contributed by atoms with Gasteiger partial charge in [0.05, 0.1) is 6.61 Å². The Hall–Kier alpha value is -1.64. The summed E-state index contributed by atoms with van der Waals surface area (Å²) in [6.45, 7) is 5.18. The number of hydrogen-bond acceptors (Lipinski definition) is 2. The van der Waals surface area contributed by atoms with E-state index in [1.54, 1.807) is 0 Å². The topological polar surface area (TPSA) is 23.5 Å². The van der Waals surface area contributed by atoms with Crippen molar-refractivity contribution in [1.29, 1.82) is 0 Å². The molecule has 0 radical (unpaired) electrons. The van der Waals surface area contributed by atoms with Gasteiger partial charge in [0.2, 0.25) is 0 Å². The first-order valence-corrected chi connectivity index (χ1v) is 6.76. The minimum absolute atomic E-state index is 0.110. The highest BCUT2D eigenvalue weighted by molar-refractivity contribution is 5.23. The van der Waals surface area contributed by atoms with Crippen molar-refractivity contribution in [1.82, 2.24) is 4.90 Å². The van der Waals surface area contributed by atoms with Gasteiger partial charge in [-0.2, -0.15) is 0 Å². The minimum Gasteiger partial charge on any atom is -0.392 e. The molecule has 0 aliphatic carbocycles. The van der Waals surface area contributed by atoms with Gasteiger partial charge in [-0.15, -0.1) is 0 Å². The van der Waals surface area contributed by atoms with E-state index in [9.17, 15) is 5.11 Å². The summed E-state index contributed by atoms with van der Waals surface area (Å²) in [5.41, 5.74) is 3.57. The fourth-order valence-electron chi connectivity index (χ4n) is 2.21. The van der Waals surface area contributed by atoms with Gasteiger partial charge in [0.25, 0.3) is 0 Å². The lowest BCUT2D eigenvalue weighted by Crippen LogP contribution is -2.22.